The van der Waals surface area contributed by atoms with Crippen molar-refractivity contribution in [1.29, 1.82) is 0 Å². The lowest BCUT2D eigenvalue weighted by molar-refractivity contribution is 0.0162. The first kappa shape index (κ1) is 18.4. The summed E-state index contributed by atoms with van der Waals surface area (Å²) in [7, 11) is 1.64. The van der Waals surface area contributed by atoms with Crippen molar-refractivity contribution in [3.63, 3.8) is 0 Å². The lowest BCUT2D eigenvalue weighted by Gasteiger charge is -2.35. The molecule has 1 saturated heterocycles. The number of rotatable bonds is 6. The molecule has 6 heteroatoms. The Labute approximate surface area is 152 Å². The van der Waals surface area contributed by atoms with E-state index in [9.17, 15) is 9.18 Å². The molecule has 0 aliphatic carbocycles. The number of benzene rings is 2. The van der Waals surface area contributed by atoms with E-state index >= 15 is 0 Å². The summed E-state index contributed by atoms with van der Waals surface area (Å²) < 4.78 is 23.7. The quantitative estimate of drug-likeness (QED) is 0.863. The van der Waals surface area contributed by atoms with Gasteiger partial charge in [-0.25, -0.2) is 4.39 Å². The molecule has 1 N–H and O–H groups in total. The first-order valence-corrected chi connectivity index (χ1v) is 8.67. The van der Waals surface area contributed by atoms with Gasteiger partial charge in [0.1, 0.15) is 11.6 Å². The first-order valence-electron chi connectivity index (χ1n) is 8.67. The molecule has 1 unspecified atom stereocenters. The number of ether oxygens (including phenoxy) is 2. The molecule has 3 rings (SSSR count). The zero-order chi connectivity index (χ0) is 18.4. The topological polar surface area (TPSA) is 50.8 Å². The van der Waals surface area contributed by atoms with Crippen LogP contribution in [0.25, 0.3) is 0 Å². The average Bonchev–Trinajstić information content (AvgIpc) is 2.70. The Morgan fingerprint density at radius 2 is 1.81 bits per heavy atom. The molecule has 5 nitrogen and oxygen atoms in total. The van der Waals surface area contributed by atoms with Crippen molar-refractivity contribution in [2.45, 2.75) is 6.04 Å². The van der Waals surface area contributed by atoms with Gasteiger partial charge in [-0.05, 0) is 42.0 Å². The van der Waals surface area contributed by atoms with Gasteiger partial charge in [-0.15, -0.1) is 0 Å². The average molecular weight is 358 g/mol. The van der Waals surface area contributed by atoms with Crippen molar-refractivity contribution < 1.29 is 18.7 Å². The van der Waals surface area contributed by atoms with Gasteiger partial charge >= 0.3 is 0 Å². The van der Waals surface area contributed by atoms with E-state index in [1.807, 2.05) is 24.3 Å². The molecule has 138 valence electrons. The van der Waals surface area contributed by atoms with E-state index in [2.05, 4.69) is 10.2 Å². The van der Waals surface area contributed by atoms with E-state index in [4.69, 9.17) is 9.47 Å². The summed E-state index contributed by atoms with van der Waals surface area (Å²) >= 11 is 0. The fourth-order valence-electron chi connectivity index (χ4n) is 3.07. The Morgan fingerprint density at radius 3 is 2.42 bits per heavy atom. The molecule has 0 saturated carbocycles. The number of halogens is 1. The fourth-order valence-corrected chi connectivity index (χ4v) is 3.07. The number of methoxy groups -OCH3 is 1. The normalized spacial score (nSPS) is 16.1. The molecule has 1 heterocycles. The number of amides is 1. The number of nitrogens with one attached hydrogen (secondary N) is 1. The van der Waals surface area contributed by atoms with Gasteiger partial charge in [0, 0.05) is 25.2 Å². The fraction of sp³-hybridized carbons (Fsp3) is 0.350. The van der Waals surface area contributed by atoms with Crippen LogP contribution in [-0.4, -0.2) is 50.8 Å². The van der Waals surface area contributed by atoms with Crippen LogP contribution >= 0.6 is 0 Å². The van der Waals surface area contributed by atoms with Crippen molar-refractivity contribution in [2.24, 2.45) is 0 Å². The van der Waals surface area contributed by atoms with Crippen LogP contribution in [0.3, 0.4) is 0 Å². The predicted octanol–water partition coefficient (Wildman–Crippen LogP) is 2.64. The summed E-state index contributed by atoms with van der Waals surface area (Å²) in [6.07, 6.45) is 0. The van der Waals surface area contributed by atoms with E-state index in [0.717, 1.165) is 24.4 Å². The van der Waals surface area contributed by atoms with Gasteiger partial charge < -0.3 is 14.8 Å². The van der Waals surface area contributed by atoms with Crippen molar-refractivity contribution in [1.82, 2.24) is 10.2 Å². The molecule has 1 aliphatic rings. The largest absolute Gasteiger partial charge is 0.497 e. The van der Waals surface area contributed by atoms with Gasteiger partial charge in [0.15, 0.2) is 0 Å². The lowest BCUT2D eigenvalue weighted by atomic mass is 10.0. The van der Waals surface area contributed by atoms with Gasteiger partial charge in [0.25, 0.3) is 5.91 Å². The molecule has 0 bridgehead atoms. The second kappa shape index (κ2) is 8.78. The molecule has 2 aromatic rings. The van der Waals surface area contributed by atoms with Gasteiger partial charge in [-0.2, -0.15) is 0 Å². The molecular formula is C20H23FN2O3. The second-order valence-electron chi connectivity index (χ2n) is 6.15. The van der Waals surface area contributed by atoms with Crippen molar-refractivity contribution >= 4 is 5.91 Å². The summed E-state index contributed by atoms with van der Waals surface area (Å²) in [6.45, 7) is 3.44. The standard InChI is InChI=1S/C20H23FN2O3/c1-25-18-8-4-15(5-9-18)19(23-10-12-26-13-11-23)14-22-20(24)16-2-6-17(21)7-3-16/h2-9,19H,10-14H2,1H3,(H,22,24). The van der Waals surface area contributed by atoms with Gasteiger partial charge in [0.05, 0.1) is 26.4 Å². The van der Waals surface area contributed by atoms with Crippen LogP contribution in [-0.2, 0) is 4.74 Å². The van der Waals surface area contributed by atoms with Crippen LogP contribution in [0.4, 0.5) is 4.39 Å². The third-order valence-electron chi connectivity index (χ3n) is 4.55. The molecule has 2 aromatic carbocycles. The molecule has 0 aromatic heterocycles. The molecule has 1 amide bonds. The summed E-state index contributed by atoms with van der Waals surface area (Å²) in [4.78, 5) is 14.7. The number of carbonyl (C=O) groups is 1. The third-order valence-corrected chi connectivity index (χ3v) is 4.55. The lowest BCUT2D eigenvalue weighted by Crippen LogP contribution is -2.43. The van der Waals surface area contributed by atoms with Crippen LogP contribution in [0.2, 0.25) is 0 Å². The number of hydrogen-bond acceptors (Lipinski definition) is 4. The highest BCUT2D eigenvalue weighted by molar-refractivity contribution is 5.94. The van der Waals surface area contributed by atoms with E-state index < -0.39 is 0 Å². The number of nitrogens with zero attached hydrogens (tertiary/aromatic N) is 1. The maximum absolute atomic E-state index is 13.0. The monoisotopic (exact) mass is 358 g/mol. The summed E-state index contributed by atoms with van der Waals surface area (Å²) in [5.74, 6) is 0.229. The second-order valence-corrected chi connectivity index (χ2v) is 6.15. The van der Waals surface area contributed by atoms with Crippen molar-refractivity contribution in [3.05, 3.63) is 65.5 Å². The summed E-state index contributed by atoms with van der Waals surface area (Å²) in [5.41, 5.74) is 1.55. The molecule has 0 spiro atoms. The van der Waals surface area contributed by atoms with Gasteiger partial charge in [-0.3, -0.25) is 9.69 Å². The highest BCUT2D eigenvalue weighted by Gasteiger charge is 2.23. The minimum atomic E-state index is -0.356. The maximum atomic E-state index is 13.0. The molecule has 1 fully saturated rings. The Balaban J connectivity index is 1.72. The van der Waals surface area contributed by atoms with Crippen molar-refractivity contribution in [2.75, 3.05) is 40.0 Å². The third kappa shape index (κ3) is 4.59. The van der Waals surface area contributed by atoms with Crippen LogP contribution in [0.15, 0.2) is 48.5 Å². The Kier molecular flexibility index (Phi) is 6.20. The molecule has 0 radical (unpaired) electrons. The molecular weight excluding hydrogens is 335 g/mol. The summed E-state index contributed by atoms with van der Waals surface area (Å²) in [6, 6.07) is 13.5. The first-order chi connectivity index (χ1) is 12.7. The zero-order valence-electron chi connectivity index (χ0n) is 14.8. The van der Waals surface area contributed by atoms with Crippen LogP contribution in [0.1, 0.15) is 22.0 Å². The SMILES string of the molecule is COc1ccc(C(CNC(=O)c2ccc(F)cc2)N2CCOCC2)cc1. The van der Waals surface area contributed by atoms with E-state index in [1.165, 1.54) is 24.3 Å². The van der Waals surface area contributed by atoms with Crippen molar-refractivity contribution in [3.8, 4) is 5.75 Å². The Morgan fingerprint density at radius 1 is 1.15 bits per heavy atom. The number of morpholine rings is 1. The van der Waals surface area contributed by atoms with Crippen LogP contribution in [0, 0.1) is 5.82 Å². The minimum absolute atomic E-state index is 0.0363. The van der Waals surface area contributed by atoms with Crippen LogP contribution in [0.5, 0.6) is 5.75 Å². The van der Waals surface area contributed by atoms with E-state index in [-0.39, 0.29) is 17.8 Å². The summed E-state index contributed by atoms with van der Waals surface area (Å²) in [5, 5.41) is 2.97. The zero-order valence-corrected chi connectivity index (χ0v) is 14.8. The smallest absolute Gasteiger partial charge is 0.251 e. The Hall–Kier alpha value is -2.44. The molecule has 26 heavy (non-hydrogen) atoms. The van der Waals surface area contributed by atoms with E-state index in [0.29, 0.717) is 25.3 Å². The number of carbonyl (C=O) groups excluding carboxylic acids is 1. The highest BCUT2D eigenvalue weighted by atomic mass is 19.1. The molecule has 1 atom stereocenters. The minimum Gasteiger partial charge on any atom is -0.497 e. The Bertz CT molecular complexity index is 713. The maximum Gasteiger partial charge on any atom is 0.251 e. The highest BCUT2D eigenvalue weighted by Crippen LogP contribution is 2.23. The van der Waals surface area contributed by atoms with Crippen LogP contribution < -0.4 is 10.1 Å². The number of hydrogen-bond donors (Lipinski definition) is 1. The van der Waals surface area contributed by atoms with E-state index in [1.54, 1.807) is 7.11 Å². The van der Waals surface area contributed by atoms with Gasteiger partial charge in [0.2, 0.25) is 0 Å². The predicted molar refractivity (Wildman–Crippen MR) is 96.9 cm³/mol. The van der Waals surface area contributed by atoms with Gasteiger partial charge in [-0.1, -0.05) is 12.1 Å². The molecule has 1 aliphatic heterocycles.